The number of carbonyl (C=O) groups is 2. The molecule has 0 fully saturated rings. The van der Waals surface area contributed by atoms with Crippen molar-refractivity contribution in [3.63, 3.8) is 0 Å². The zero-order chi connectivity index (χ0) is 21.8. The summed E-state index contributed by atoms with van der Waals surface area (Å²) < 4.78 is 11.3. The van der Waals surface area contributed by atoms with E-state index >= 15 is 0 Å². The highest BCUT2D eigenvalue weighted by Crippen LogP contribution is 2.35. The summed E-state index contributed by atoms with van der Waals surface area (Å²) in [5.41, 5.74) is 4.43. The Bertz CT molecular complexity index is 1110. The number of carbonyl (C=O) groups excluding carboxylic acids is 2. The van der Waals surface area contributed by atoms with E-state index in [4.69, 9.17) is 9.47 Å². The van der Waals surface area contributed by atoms with Crippen molar-refractivity contribution in [1.29, 1.82) is 0 Å². The second kappa shape index (κ2) is 8.92. The van der Waals surface area contributed by atoms with Crippen LogP contribution >= 0.6 is 0 Å². The van der Waals surface area contributed by atoms with E-state index in [2.05, 4.69) is 5.32 Å². The maximum atomic E-state index is 12.4. The molecule has 0 spiro atoms. The van der Waals surface area contributed by atoms with Crippen LogP contribution in [0.25, 0.3) is 0 Å². The van der Waals surface area contributed by atoms with Crippen LogP contribution in [0.2, 0.25) is 0 Å². The first-order valence-corrected chi connectivity index (χ1v) is 10.1. The molecule has 6 heteroatoms. The third kappa shape index (κ3) is 4.69. The van der Waals surface area contributed by atoms with Crippen molar-refractivity contribution in [2.24, 2.45) is 0 Å². The number of hydrogen-bond donors (Lipinski definition) is 1. The highest BCUT2D eigenvalue weighted by Gasteiger charge is 2.26. The number of hydrogen-bond acceptors (Lipinski definition) is 4. The second-order valence-electron chi connectivity index (χ2n) is 7.47. The first kappa shape index (κ1) is 20.5. The van der Waals surface area contributed by atoms with Gasteiger partial charge in [-0.05, 0) is 48.7 Å². The molecule has 31 heavy (non-hydrogen) atoms. The molecule has 3 aromatic rings. The largest absolute Gasteiger partial charge is 0.483 e. The number of nitrogens with zero attached hydrogens (tertiary/aromatic N) is 1. The first-order valence-electron chi connectivity index (χ1n) is 10.1. The number of nitrogens with one attached hydrogen (secondary N) is 1. The van der Waals surface area contributed by atoms with Gasteiger partial charge in [-0.3, -0.25) is 9.59 Å². The number of amides is 2. The molecule has 2 amide bonds. The predicted octanol–water partition coefficient (Wildman–Crippen LogP) is 4.25. The van der Waals surface area contributed by atoms with Gasteiger partial charge in [0.25, 0.3) is 11.8 Å². The molecule has 1 N–H and O–H groups in total. The molecule has 0 aliphatic carbocycles. The standard InChI is InChI=1S/C25H24N2O4/c1-17-7-6-10-22(18(17)2)30-15-24(28)26-20-11-12-21-23(13-20)31-16-25(29)27(21)14-19-8-4-3-5-9-19/h3-13H,14-16H2,1-2H3,(H,26,28). The van der Waals surface area contributed by atoms with Crippen LogP contribution in [0.1, 0.15) is 16.7 Å². The normalized spacial score (nSPS) is 12.7. The second-order valence-corrected chi connectivity index (χ2v) is 7.47. The minimum Gasteiger partial charge on any atom is -0.483 e. The lowest BCUT2D eigenvalue weighted by molar-refractivity contribution is -0.121. The number of anilines is 2. The molecule has 0 atom stereocenters. The van der Waals surface area contributed by atoms with Crippen molar-refractivity contribution in [3.05, 3.63) is 83.4 Å². The number of benzene rings is 3. The first-order chi connectivity index (χ1) is 15.0. The van der Waals surface area contributed by atoms with Gasteiger partial charge in [0.05, 0.1) is 12.2 Å². The molecule has 0 unspecified atom stereocenters. The van der Waals surface area contributed by atoms with Crippen molar-refractivity contribution in [2.45, 2.75) is 20.4 Å². The molecule has 0 saturated heterocycles. The summed E-state index contributed by atoms with van der Waals surface area (Å²) in [6, 6.07) is 20.8. The summed E-state index contributed by atoms with van der Waals surface area (Å²) in [6.07, 6.45) is 0. The van der Waals surface area contributed by atoms with Crippen LogP contribution < -0.4 is 19.7 Å². The summed E-state index contributed by atoms with van der Waals surface area (Å²) in [6.45, 7) is 4.30. The summed E-state index contributed by atoms with van der Waals surface area (Å²) >= 11 is 0. The Hall–Kier alpha value is -3.80. The third-order valence-corrected chi connectivity index (χ3v) is 5.28. The van der Waals surface area contributed by atoms with Crippen molar-refractivity contribution < 1.29 is 19.1 Å². The molecule has 3 aromatic carbocycles. The van der Waals surface area contributed by atoms with E-state index in [1.807, 2.05) is 62.4 Å². The molecule has 0 aromatic heterocycles. The van der Waals surface area contributed by atoms with E-state index in [0.29, 0.717) is 29.4 Å². The minimum absolute atomic E-state index is 0.0347. The fourth-order valence-electron chi connectivity index (χ4n) is 3.44. The van der Waals surface area contributed by atoms with Crippen LogP contribution in [-0.4, -0.2) is 25.0 Å². The van der Waals surface area contributed by atoms with Gasteiger partial charge < -0.3 is 19.7 Å². The van der Waals surface area contributed by atoms with Gasteiger partial charge in [0.2, 0.25) is 0 Å². The van der Waals surface area contributed by atoms with Crippen LogP contribution in [0.4, 0.5) is 11.4 Å². The Kier molecular flexibility index (Phi) is 5.89. The number of ether oxygens (including phenoxy) is 2. The molecular formula is C25H24N2O4. The Morgan fingerprint density at radius 2 is 1.87 bits per heavy atom. The summed E-state index contributed by atoms with van der Waals surface area (Å²) in [4.78, 5) is 26.5. The zero-order valence-corrected chi connectivity index (χ0v) is 17.6. The van der Waals surface area contributed by atoms with E-state index in [-0.39, 0.29) is 25.0 Å². The van der Waals surface area contributed by atoms with Crippen LogP contribution in [-0.2, 0) is 16.1 Å². The zero-order valence-electron chi connectivity index (χ0n) is 17.6. The van der Waals surface area contributed by atoms with Gasteiger partial charge in [0, 0.05) is 11.8 Å². The van der Waals surface area contributed by atoms with E-state index in [1.165, 1.54) is 0 Å². The highest BCUT2D eigenvalue weighted by atomic mass is 16.5. The molecule has 4 rings (SSSR count). The van der Waals surface area contributed by atoms with E-state index in [0.717, 1.165) is 16.7 Å². The Labute approximate surface area is 181 Å². The molecule has 1 aliphatic rings. The lowest BCUT2D eigenvalue weighted by Crippen LogP contribution is -2.38. The molecule has 0 saturated carbocycles. The molecule has 158 valence electrons. The lowest BCUT2D eigenvalue weighted by atomic mass is 10.1. The maximum Gasteiger partial charge on any atom is 0.265 e. The number of fused-ring (bicyclic) bond motifs is 1. The summed E-state index contributed by atoms with van der Waals surface area (Å²) in [5.74, 6) is 0.881. The molecule has 6 nitrogen and oxygen atoms in total. The van der Waals surface area contributed by atoms with Crippen LogP contribution in [0.5, 0.6) is 11.5 Å². The Morgan fingerprint density at radius 1 is 1.06 bits per heavy atom. The van der Waals surface area contributed by atoms with Crippen molar-refractivity contribution >= 4 is 23.2 Å². The van der Waals surface area contributed by atoms with Crippen LogP contribution in [0, 0.1) is 13.8 Å². The number of aryl methyl sites for hydroxylation is 1. The third-order valence-electron chi connectivity index (χ3n) is 5.28. The van der Waals surface area contributed by atoms with Gasteiger partial charge in [-0.2, -0.15) is 0 Å². The van der Waals surface area contributed by atoms with Crippen molar-refractivity contribution in [3.8, 4) is 11.5 Å². The smallest absolute Gasteiger partial charge is 0.265 e. The molecular weight excluding hydrogens is 392 g/mol. The summed E-state index contributed by atoms with van der Waals surface area (Å²) in [5, 5.41) is 2.82. The quantitative estimate of drug-likeness (QED) is 0.652. The topological polar surface area (TPSA) is 67.9 Å². The van der Waals surface area contributed by atoms with Crippen LogP contribution in [0.3, 0.4) is 0 Å². The van der Waals surface area contributed by atoms with E-state index in [9.17, 15) is 9.59 Å². The summed E-state index contributed by atoms with van der Waals surface area (Å²) in [7, 11) is 0. The Morgan fingerprint density at radius 3 is 2.68 bits per heavy atom. The van der Waals surface area contributed by atoms with Gasteiger partial charge in [0.1, 0.15) is 11.5 Å². The molecule has 0 radical (unpaired) electrons. The van der Waals surface area contributed by atoms with E-state index < -0.39 is 0 Å². The molecule has 1 heterocycles. The molecule has 1 aliphatic heterocycles. The van der Waals surface area contributed by atoms with Crippen molar-refractivity contribution in [2.75, 3.05) is 23.4 Å². The van der Waals surface area contributed by atoms with Gasteiger partial charge in [0.15, 0.2) is 13.2 Å². The maximum absolute atomic E-state index is 12.4. The van der Waals surface area contributed by atoms with Gasteiger partial charge in [-0.25, -0.2) is 0 Å². The lowest BCUT2D eigenvalue weighted by Gasteiger charge is -2.29. The number of rotatable bonds is 6. The molecule has 0 bridgehead atoms. The fourth-order valence-corrected chi connectivity index (χ4v) is 3.44. The monoisotopic (exact) mass is 416 g/mol. The van der Waals surface area contributed by atoms with Crippen molar-refractivity contribution in [1.82, 2.24) is 0 Å². The van der Waals surface area contributed by atoms with Gasteiger partial charge in [-0.1, -0.05) is 42.5 Å². The van der Waals surface area contributed by atoms with Gasteiger partial charge >= 0.3 is 0 Å². The predicted molar refractivity (Wildman–Crippen MR) is 120 cm³/mol. The Balaban J connectivity index is 1.43. The van der Waals surface area contributed by atoms with E-state index in [1.54, 1.807) is 23.1 Å². The minimum atomic E-state index is -0.270. The highest BCUT2D eigenvalue weighted by molar-refractivity contribution is 5.99. The average molecular weight is 416 g/mol. The SMILES string of the molecule is Cc1cccc(OCC(=O)Nc2ccc3c(c2)OCC(=O)N3Cc2ccccc2)c1C. The average Bonchev–Trinajstić information content (AvgIpc) is 2.77. The fraction of sp³-hybridized carbons (Fsp3) is 0.200. The van der Waals surface area contributed by atoms with Gasteiger partial charge in [-0.15, -0.1) is 0 Å². The van der Waals surface area contributed by atoms with Crippen LogP contribution in [0.15, 0.2) is 66.7 Å².